The number of likely N-dealkylation sites (tertiary alicyclic amines) is 1. The number of hydrogen-bond acceptors (Lipinski definition) is 6. The topological polar surface area (TPSA) is 84.7 Å². The van der Waals surface area contributed by atoms with E-state index in [2.05, 4.69) is 21.4 Å². The molecule has 3 fully saturated rings. The van der Waals surface area contributed by atoms with Gasteiger partial charge >= 0.3 is 0 Å². The van der Waals surface area contributed by atoms with Crippen LogP contribution in [0.2, 0.25) is 0 Å². The molecule has 0 spiro atoms. The fourth-order valence-electron chi connectivity index (χ4n) is 4.62. The van der Waals surface area contributed by atoms with Gasteiger partial charge in [0.15, 0.2) is 9.84 Å². The minimum absolute atomic E-state index is 0.0644. The van der Waals surface area contributed by atoms with E-state index in [0.29, 0.717) is 39.4 Å². The molecule has 4 heterocycles. The van der Waals surface area contributed by atoms with Crippen molar-refractivity contribution in [2.75, 3.05) is 50.9 Å². The number of ether oxygens (including phenoxy) is 1. The number of carbonyl (C=O) groups excluding carboxylic acids is 1. The Bertz CT molecular complexity index is 851. The number of sulfone groups is 1. The quantitative estimate of drug-likeness (QED) is 0.700. The summed E-state index contributed by atoms with van der Waals surface area (Å²) in [5.74, 6) is 1.37. The lowest BCUT2D eigenvalue weighted by molar-refractivity contribution is -0.142. The number of fused-ring (bicyclic) bond motifs is 1. The molecule has 3 aliphatic rings. The molecule has 1 aromatic heterocycles. The van der Waals surface area contributed by atoms with E-state index in [9.17, 15) is 13.2 Å². The predicted octanol–water partition coefficient (Wildman–Crippen LogP) is -0.258. The Kier molecular flexibility index (Phi) is 4.59. The van der Waals surface area contributed by atoms with Crippen LogP contribution in [0, 0.1) is 25.2 Å². The van der Waals surface area contributed by atoms with E-state index in [1.165, 1.54) is 0 Å². The van der Waals surface area contributed by atoms with Crippen LogP contribution in [0.4, 0.5) is 0 Å². The van der Waals surface area contributed by atoms with Gasteiger partial charge in [-0.25, -0.2) is 13.4 Å². The highest BCUT2D eigenvalue weighted by atomic mass is 32.2. The van der Waals surface area contributed by atoms with E-state index in [0.717, 1.165) is 23.8 Å². The first-order valence-electron chi connectivity index (χ1n) is 9.50. The molecule has 1 aromatic rings. The first-order valence-corrected chi connectivity index (χ1v) is 11.3. The van der Waals surface area contributed by atoms with Crippen molar-refractivity contribution in [3.8, 4) is 0 Å². The van der Waals surface area contributed by atoms with Gasteiger partial charge in [-0.05, 0) is 13.8 Å². The lowest BCUT2D eigenvalue weighted by atomic mass is 9.79. The molecular formula is C18H28N4O4S. The normalized spacial score (nSPS) is 30.6. The van der Waals surface area contributed by atoms with Gasteiger partial charge in [0, 0.05) is 44.8 Å². The second kappa shape index (κ2) is 6.56. The zero-order valence-corrected chi connectivity index (χ0v) is 17.1. The molecule has 2 atom stereocenters. The standard InChI is InChI=1S/C18H28N4O4S/c1-13-14(2)20(3)16(19-13)9-21-8-15-10-26-12-18(15,11-21)17(23)22-4-6-27(24,25)7-5-22/h15H,4-12H2,1-3H3/t15-,18-/m1/s1. The maximum atomic E-state index is 13.3. The molecule has 0 aromatic carbocycles. The van der Waals surface area contributed by atoms with Gasteiger partial charge in [-0.1, -0.05) is 0 Å². The van der Waals surface area contributed by atoms with Gasteiger partial charge in [-0.3, -0.25) is 9.69 Å². The molecule has 9 heteroatoms. The van der Waals surface area contributed by atoms with Gasteiger partial charge in [-0.15, -0.1) is 0 Å². The molecule has 0 N–H and O–H groups in total. The molecule has 27 heavy (non-hydrogen) atoms. The summed E-state index contributed by atoms with van der Waals surface area (Å²) in [5.41, 5.74) is 1.65. The van der Waals surface area contributed by atoms with E-state index in [1.807, 2.05) is 14.0 Å². The monoisotopic (exact) mass is 396 g/mol. The van der Waals surface area contributed by atoms with Crippen molar-refractivity contribution in [1.82, 2.24) is 19.4 Å². The maximum Gasteiger partial charge on any atom is 0.232 e. The molecule has 150 valence electrons. The first-order chi connectivity index (χ1) is 12.7. The second-order valence-electron chi connectivity index (χ2n) is 8.24. The Hall–Kier alpha value is -1.45. The summed E-state index contributed by atoms with van der Waals surface area (Å²) in [4.78, 5) is 22.0. The molecule has 4 rings (SSSR count). The molecule has 0 aliphatic carbocycles. The Morgan fingerprint density at radius 3 is 2.63 bits per heavy atom. The smallest absolute Gasteiger partial charge is 0.232 e. The highest BCUT2D eigenvalue weighted by Gasteiger charge is 2.57. The van der Waals surface area contributed by atoms with Crippen molar-refractivity contribution < 1.29 is 17.9 Å². The molecule has 0 radical (unpaired) electrons. The summed E-state index contributed by atoms with van der Waals surface area (Å²) in [6, 6.07) is 0. The Morgan fingerprint density at radius 2 is 2.00 bits per heavy atom. The van der Waals surface area contributed by atoms with Crippen LogP contribution < -0.4 is 0 Å². The molecule has 0 saturated carbocycles. The summed E-state index contributed by atoms with van der Waals surface area (Å²) in [6.07, 6.45) is 0. The molecular weight excluding hydrogens is 368 g/mol. The zero-order valence-electron chi connectivity index (χ0n) is 16.3. The molecule has 0 bridgehead atoms. The van der Waals surface area contributed by atoms with Gasteiger partial charge in [0.05, 0.1) is 42.4 Å². The Labute approximate surface area is 160 Å². The SMILES string of the molecule is Cc1nc(CN2C[C@@H]3COC[C@]3(C(=O)N3CCS(=O)(=O)CC3)C2)n(C)c1C. The van der Waals surface area contributed by atoms with E-state index in [4.69, 9.17) is 4.74 Å². The number of aromatic nitrogens is 2. The molecule has 3 saturated heterocycles. The first kappa shape index (κ1) is 18.9. The number of hydrogen-bond donors (Lipinski definition) is 0. The number of rotatable bonds is 3. The third kappa shape index (κ3) is 3.19. The predicted molar refractivity (Wildman–Crippen MR) is 99.9 cm³/mol. The zero-order chi connectivity index (χ0) is 19.4. The third-order valence-electron chi connectivity index (χ3n) is 6.58. The Balaban J connectivity index is 1.50. The molecule has 3 aliphatic heterocycles. The van der Waals surface area contributed by atoms with Crippen LogP contribution in [-0.4, -0.2) is 84.6 Å². The van der Waals surface area contributed by atoms with Gasteiger partial charge in [0.25, 0.3) is 0 Å². The van der Waals surface area contributed by atoms with E-state index >= 15 is 0 Å². The number of imidazole rings is 1. The lowest BCUT2D eigenvalue weighted by Crippen LogP contribution is -2.53. The summed E-state index contributed by atoms with van der Waals surface area (Å²) in [5, 5.41) is 0. The van der Waals surface area contributed by atoms with Crippen LogP contribution in [0.3, 0.4) is 0 Å². The number of aryl methyl sites for hydroxylation is 1. The third-order valence-corrected chi connectivity index (χ3v) is 8.19. The van der Waals surface area contributed by atoms with Gasteiger partial charge in [0.2, 0.25) is 5.91 Å². The van der Waals surface area contributed by atoms with Crippen molar-refractivity contribution in [1.29, 1.82) is 0 Å². The van der Waals surface area contributed by atoms with Crippen LogP contribution in [-0.2, 0) is 33.0 Å². The minimum Gasteiger partial charge on any atom is -0.380 e. The van der Waals surface area contributed by atoms with Gasteiger partial charge < -0.3 is 14.2 Å². The van der Waals surface area contributed by atoms with Crippen molar-refractivity contribution in [3.05, 3.63) is 17.2 Å². The highest BCUT2D eigenvalue weighted by Crippen LogP contribution is 2.43. The number of nitrogens with zero attached hydrogens (tertiary/aromatic N) is 4. The van der Waals surface area contributed by atoms with Crippen molar-refractivity contribution in [2.24, 2.45) is 18.4 Å². The summed E-state index contributed by atoms with van der Waals surface area (Å²) < 4.78 is 31.2. The van der Waals surface area contributed by atoms with Crippen molar-refractivity contribution in [2.45, 2.75) is 20.4 Å². The molecule has 0 unspecified atom stereocenters. The fraction of sp³-hybridized carbons (Fsp3) is 0.778. The molecule has 1 amide bonds. The van der Waals surface area contributed by atoms with Gasteiger partial charge in [-0.2, -0.15) is 0 Å². The van der Waals surface area contributed by atoms with E-state index < -0.39 is 15.3 Å². The van der Waals surface area contributed by atoms with E-state index in [-0.39, 0.29) is 23.3 Å². The van der Waals surface area contributed by atoms with Crippen LogP contribution in [0.5, 0.6) is 0 Å². The van der Waals surface area contributed by atoms with Crippen LogP contribution in [0.25, 0.3) is 0 Å². The average molecular weight is 397 g/mol. The van der Waals surface area contributed by atoms with Crippen LogP contribution in [0.15, 0.2) is 0 Å². The maximum absolute atomic E-state index is 13.3. The summed E-state index contributed by atoms with van der Waals surface area (Å²) in [6.45, 7) is 7.86. The largest absolute Gasteiger partial charge is 0.380 e. The number of amides is 1. The van der Waals surface area contributed by atoms with Crippen LogP contribution >= 0.6 is 0 Å². The molecule has 8 nitrogen and oxygen atoms in total. The second-order valence-corrected chi connectivity index (χ2v) is 10.5. The van der Waals surface area contributed by atoms with Gasteiger partial charge in [0.1, 0.15) is 5.82 Å². The summed E-state index contributed by atoms with van der Waals surface area (Å²) in [7, 11) is -0.974. The van der Waals surface area contributed by atoms with Crippen LogP contribution in [0.1, 0.15) is 17.2 Å². The van der Waals surface area contributed by atoms with E-state index in [1.54, 1.807) is 4.90 Å². The minimum atomic E-state index is -3.00. The fourth-order valence-corrected chi connectivity index (χ4v) is 5.82. The van der Waals surface area contributed by atoms with Crippen molar-refractivity contribution in [3.63, 3.8) is 0 Å². The summed E-state index contributed by atoms with van der Waals surface area (Å²) >= 11 is 0. The lowest BCUT2D eigenvalue weighted by Gasteiger charge is -2.35. The average Bonchev–Trinajstić information content (AvgIpc) is 3.23. The highest BCUT2D eigenvalue weighted by molar-refractivity contribution is 7.91. The Morgan fingerprint density at radius 1 is 1.30 bits per heavy atom. The number of carbonyl (C=O) groups is 1. The van der Waals surface area contributed by atoms with Crippen molar-refractivity contribution >= 4 is 15.7 Å².